The Hall–Kier alpha value is 0. The van der Waals surface area contributed by atoms with Crippen LogP contribution in [-0.4, -0.2) is 0 Å². The second kappa shape index (κ2) is 3.25. The monoisotopic (exact) mass is 206 g/mol. The van der Waals surface area contributed by atoms with Crippen LogP contribution in [0.4, 0.5) is 0 Å². The molecule has 3 saturated carbocycles. The molecule has 3 unspecified atom stereocenters. The first-order valence-corrected chi connectivity index (χ1v) is 7.17. The Morgan fingerprint density at radius 1 is 0.800 bits per heavy atom. The van der Waals surface area contributed by atoms with Crippen molar-refractivity contribution in [2.75, 3.05) is 0 Å². The lowest BCUT2D eigenvalue weighted by Gasteiger charge is -2.43. The predicted molar refractivity (Wildman–Crippen MR) is 64.6 cm³/mol. The molecule has 0 aromatic carbocycles. The van der Waals surface area contributed by atoms with E-state index in [1.165, 1.54) is 19.3 Å². The summed E-state index contributed by atoms with van der Waals surface area (Å²) in [5.41, 5.74) is 0.765. The van der Waals surface area contributed by atoms with Gasteiger partial charge in [-0.25, -0.2) is 0 Å². The zero-order valence-electron chi connectivity index (χ0n) is 10.6. The molecule has 3 fully saturated rings. The lowest BCUT2D eigenvalue weighted by atomic mass is 9.61. The summed E-state index contributed by atoms with van der Waals surface area (Å²) in [6.07, 6.45) is 9.21. The SMILES string of the molecule is C[C@@H]1CC[C@H](C)C12C1CCCC1C[C@@H]2C. The van der Waals surface area contributed by atoms with Crippen LogP contribution in [0.3, 0.4) is 0 Å². The standard InChI is InChI=1S/C15H26/c1-10-7-8-11(2)15(10)12(3)9-13-5-4-6-14(13)15/h10-14H,4-9H2,1-3H3/t10-,11+,12-,13?,14?,15?/m0/s1. The Labute approximate surface area is 94.8 Å². The van der Waals surface area contributed by atoms with Crippen molar-refractivity contribution in [2.24, 2.45) is 35.0 Å². The highest BCUT2D eigenvalue weighted by molar-refractivity contribution is 5.09. The van der Waals surface area contributed by atoms with Crippen LogP contribution in [0.5, 0.6) is 0 Å². The van der Waals surface area contributed by atoms with Gasteiger partial charge < -0.3 is 0 Å². The molecule has 0 aliphatic heterocycles. The third-order valence-corrected chi connectivity index (χ3v) is 6.55. The minimum Gasteiger partial charge on any atom is -0.0619 e. The first kappa shape index (κ1) is 10.2. The summed E-state index contributed by atoms with van der Waals surface area (Å²) >= 11 is 0. The summed E-state index contributed by atoms with van der Waals surface area (Å²) in [5, 5.41) is 0. The van der Waals surface area contributed by atoms with Crippen LogP contribution < -0.4 is 0 Å². The van der Waals surface area contributed by atoms with Crippen molar-refractivity contribution in [3.8, 4) is 0 Å². The Morgan fingerprint density at radius 2 is 1.47 bits per heavy atom. The molecule has 3 rings (SSSR count). The van der Waals surface area contributed by atoms with E-state index >= 15 is 0 Å². The lowest BCUT2D eigenvalue weighted by molar-refractivity contribution is 0.0420. The fourth-order valence-electron chi connectivity index (χ4n) is 6.19. The molecule has 0 heterocycles. The Balaban J connectivity index is 2.00. The quantitative estimate of drug-likeness (QED) is 0.547. The molecule has 0 nitrogen and oxygen atoms in total. The Morgan fingerprint density at radius 3 is 2.13 bits per heavy atom. The molecule has 0 aromatic heterocycles. The van der Waals surface area contributed by atoms with Gasteiger partial charge in [-0.05, 0) is 60.7 Å². The van der Waals surface area contributed by atoms with Crippen molar-refractivity contribution in [3.05, 3.63) is 0 Å². The molecule has 0 bridgehead atoms. The van der Waals surface area contributed by atoms with Gasteiger partial charge in [0, 0.05) is 0 Å². The topological polar surface area (TPSA) is 0 Å². The van der Waals surface area contributed by atoms with Crippen LogP contribution >= 0.6 is 0 Å². The molecule has 86 valence electrons. The summed E-state index contributed by atoms with van der Waals surface area (Å²) in [6, 6.07) is 0. The van der Waals surface area contributed by atoms with Crippen LogP contribution in [-0.2, 0) is 0 Å². The third kappa shape index (κ3) is 1.09. The van der Waals surface area contributed by atoms with Gasteiger partial charge in [0.05, 0.1) is 0 Å². The number of hydrogen-bond donors (Lipinski definition) is 0. The first-order chi connectivity index (χ1) is 7.17. The van der Waals surface area contributed by atoms with Gasteiger partial charge in [-0.1, -0.05) is 33.6 Å². The predicted octanol–water partition coefficient (Wildman–Crippen LogP) is 4.49. The van der Waals surface area contributed by atoms with Crippen molar-refractivity contribution < 1.29 is 0 Å². The normalized spacial score (nSPS) is 59.0. The maximum Gasteiger partial charge on any atom is -0.0189 e. The van der Waals surface area contributed by atoms with Crippen molar-refractivity contribution in [1.29, 1.82) is 0 Å². The van der Waals surface area contributed by atoms with Crippen LogP contribution in [0.2, 0.25) is 0 Å². The van der Waals surface area contributed by atoms with Crippen molar-refractivity contribution in [3.63, 3.8) is 0 Å². The highest BCUT2D eigenvalue weighted by Crippen LogP contribution is 2.68. The molecule has 0 amide bonds. The molecule has 0 radical (unpaired) electrons. The van der Waals surface area contributed by atoms with Gasteiger partial charge in [-0.2, -0.15) is 0 Å². The second-order valence-electron chi connectivity index (χ2n) is 6.81. The number of rotatable bonds is 0. The van der Waals surface area contributed by atoms with E-state index in [0.717, 1.165) is 35.0 Å². The first-order valence-electron chi connectivity index (χ1n) is 7.17. The summed E-state index contributed by atoms with van der Waals surface area (Å²) in [5.74, 6) is 5.26. The minimum absolute atomic E-state index is 0.765. The molecule has 1 spiro atoms. The summed E-state index contributed by atoms with van der Waals surface area (Å²) in [6.45, 7) is 7.68. The summed E-state index contributed by atoms with van der Waals surface area (Å²) < 4.78 is 0. The van der Waals surface area contributed by atoms with E-state index in [9.17, 15) is 0 Å². The average Bonchev–Trinajstić information content (AvgIpc) is 2.79. The van der Waals surface area contributed by atoms with Gasteiger partial charge in [-0.15, -0.1) is 0 Å². The van der Waals surface area contributed by atoms with E-state index in [1.807, 2.05) is 0 Å². The van der Waals surface area contributed by atoms with Crippen LogP contribution in [0.15, 0.2) is 0 Å². The molecular weight excluding hydrogens is 180 g/mol. The van der Waals surface area contributed by atoms with Crippen LogP contribution in [0.1, 0.15) is 59.3 Å². The fraction of sp³-hybridized carbons (Fsp3) is 1.00. The molecule has 0 heteroatoms. The highest BCUT2D eigenvalue weighted by Gasteiger charge is 2.60. The molecule has 15 heavy (non-hydrogen) atoms. The zero-order valence-corrected chi connectivity index (χ0v) is 10.6. The van der Waals surface area contributed by atoms with E-state index in [2.05, 4.69) is 20.8 Å². The van der Waals surface area contributed by atoms with Crippen LogP contribution in [0, 0.1) is 35.0 Å². The average molecular weight is 206 g/mol. The largest absolute Gasteiger partial charge is 0.0619 e. The van der Waals surface area contributed by atoms with Gasteiger partial charge in [0.2, 0.25) is 0 Å². The molecule has 3 aliphatic carbocycles. The maximum atomic E-state index is 2.57. The minimum atomic E-state index is 0.765. The molecule has 3 aliphatic rings. The van der Waals surface area contributed by atoms with E-state index < -0.39 is 0 Å². The van der Waals surface area contributed by atoms with Crippen molar-refractivity contribution in [2.45, 2.75) is 59.3 Å². The van der Waals surface area contributed by atoms with E-state index in [4.69, 9.17) is 0 Å². The highest BCUT2D eigenvalue weighted by atomic mass is 14.7. The molecule has 0 aromatic rings. The van der Waals surface area contributed by atoms with Crippen LogP contribution in [0.25, 0.3) is 0 Å². The third-order valence-electron chi connectivity index (χ3n) is 6.55. The Kier molecular flexibility index (Phi) is 2.20. The van der Waals surface area contributed by atoms with Gasteiger partial charge in [0.1, 0.15) is 0 Å². The Bertz CT molecular complexity index is 245. The van der Waals surface area contributed by atoms with E-state index in [-0.39, 0.29) is 0 Å². The second-order valence-corrected chi connectivity index (χ2v) is 6.81. The summed E-state index contributed by atoms with van der Waals surface area (Å²) in [7, 11) is 0. The lowest BCUT2D eigenvalue weighted by Crippen LogP contribution is -2.38. The van der Waals surface area contributed by atoms with Gasteiger partial charge in [0.25, 0.3) is 0 Å². The van der Waals surface area contributed by atoms with Crippen molar-refractivity contribution >= 4 is 0 Å². The molecule has 0 N–H and O–H groups in total. The fourth-order valence-corrected chi connectivity index (χ4v) is 6.19. The molecule has 6 atom stereocenters. The molecule has 0 saturated heterocycles. The zero-order chi connectivity index (χ0) is 10.6. The summed E-state index contributed by atoms with van der Waals surface area (Å²) in [4.78, 5) is 0. The maximum absolute atomic E-state index is 2.57. The van der Waals surface area contributed by atoms with Crippen molar-refractivity contribution in [1.82, 2.24) is 0 Å². The van der Waals surface area contributed by atoms with Gasteiger partial charge >= 0.3 is 0 Å². The number of hydrogen-bond acceptors (Lipinski definition) is 0. The van der Waals surface area contributed by atoms with E-state index in [0.29, 0.717) is 0 Å². The smallest absolute Gasteiger partial charge is 0.0189 e. The van der Waals surface area contributed by atoms with E-state index in [1.54, 1.807) is 19.3 Å². The van der Waals surface area contributed by atoms with Gasteiger partial charge in [-0.3, -0.25) is 0 Å². The molecular formula is C15H26. The number of fused-ring (bicyclic) bond motifs is 2. The van der Waals surface area contributed by atoms with Gasteiger partial charge in [0.15, 0.2) is 0 Å².